The number of unbranched alkanes of at least 4 members (excludes halogenated alkanes) is 52. The molecular weight excluding hydrogens is 1270 g/mol. The molecule has 0 bridgehead atoms. The van der Waals surface area contributed by atoms with Crippen molar-refractivity contribution in [3.05, 3.63) is 0 Å². The highest BCUT2D eigenvalue weighted by Crippen LogP contribution is 2.22. The van der Waals surface area contributed by atoms with E-state index in [9.17, 15) is 30.0 Å². The fourth-order valence-electron chi connectivity index (χ4n) is 15.9. The standard InChI is InChI=1S/C90H180N4O8/c1-7-11-15-19-23-27-31-35-39-43-47-51-55-59-65-85(95)79-91(80-86(96)66-60-56-52-48-44-40-36-32-28-24-20-16-12-8-2)71-63-69-89(99)101-75-73-93-77-84(6)94(78-83(93)5)74-76-102-90(100)70-64-72-92(81-87(97)67-61-57-53-49-45-41-37-33-29-25-21-17-13-9-3)82-88(98)68-62-58-54-50-46-42-38-34-30-26-22-18-14-10-4/h83-88,95-98H,7-82H2,1-6H3. The second-order valence-corrected chi connectivity index (χ2v) is 33.0. The Morgan fingerprint density at radius 1 is 0.294 bits per heavy atom. The Bertz CT molecular complexity index is 1510. The fraction of sp³-hybridized carbons (Fsp3) is 0.978. The summed E-state index contributed by atoms with van der Waals surface area (Å²) in [5.74, 6) is -0.369. The Labute approximate surface area is 635 Å². The Kier molecular flexibility index (Phi) is 73.9. The second-order valence-electron chi connectivity index (χ2n) is 33.0. The average Bonchev–Trinajstić information content (AvgIpc) is 0.849. The van der Waals surface area contributed by atoms with Crippen LogP contribution >= 0.6 is 0 Å². The molecule has 1 heterocycles. The molecule has 1 fully saturated rings. The first kappa shape index (κ1) is 98.6. The summed E-state index contributed by atoms with van der Waals surface area (Å²) in [5.41, 5.74) is 0. The van der Waals surface area contributed by atoms with Crippen LogP contribution in [0, 0.1) is 0 Å². The lowest BCUT2D eigenvalue weighted by Gasteiger charge is -2.44. The highest BCUT2D eigenvalue weighted by atomic mass is 16.5. The third-order valence-electron chi connectivity index (χ3n) is 22.7. The summed E-state index contributed by atoms with van der Waals surface area (Å²) < 4.78 is 11.7. The minimum absolute atomic E-state index is 0.185. The van der Waals surface area contributed by atoms with Crippen molar-refractivity contribution in [1.29, 1.82) is 0 Å². The summed E-state index contributed by atoms with van der Waals surface area (Å²) in [7, 11) is 0. The number of piperazine rings is 1. The van der Waals surface area contributed by atoms with Gasteiger partial charge in [0.25, 0.3) is 0 Å². The van der Waals surface area contributed by atoms with E-state index in [-0.39, 0.29) is 24.0 Å². The first-order valence-corrected chi connectivity index (χ1v) is 45.9. The van der Waals surface area contributed by atoms with Gasteiger partial charge in [0.2, 0.25) is 0 Å². The van der Waals surface area contributed by atoms with Crippen LogP contribution in [0.15, 0.2) is 0 Å². The van der Waals surface area contributed by atoms with Crippen molar-refractivity contribution in [3.63, 3.8) is 0 Å². The lowest BCUT2D eigenvalue weighted by Crippen LogP contribution is -2.57. The molecule has 0 aliphatic carbocycles. The van der Waals surface area contributed by atoms with Crippen molar-refractivity contribution >= 4 is 11.9 Å². The molecule has 6 atom stereocenters. The van der Waals surface area contributed by atoms with Crippen LogP contribution in [0.2, 0.25) is 0 Å². The number of ether oxygens (including phenoxy) is 2. The molecule has 0 aromatic carbocycles. The van der Waals surface area contributed by atoms with Crippen LogP contribution in [0.3, 0.4) is 0 Å². The summed E-state index contributed by atoms with van der Waals surface area (Å²) in [6.45, 7) is 20.8. The van der Waals surface area contributed by atoms with E-state index in [1.807, 2.05) is 0 Å². The smallest absolute Gasteiger partial charge is 0.305 e. The number of rotatable bonds is 82. The molecule has 0 aromatic rings. The first-order valence-electron chi connectivity index (χ1n) is 45.9. The molecule has 6 unspecified atom stereocenters. The highest BCUT2D eigenvalue weighted by molar-refractivity contribution is 5.69. The number of hydrogen-bond donors (Lipinski definition) is 4. The zero-order valence-corrected chi connectivity index (χ0v) is 69.4. The molecule has 12 heteroatoms. The minimum atomic E-state index is -0.435. The third-order valence-corrected chi connectivity index (χ3v) is 22.7. The predicted octanol–water partition coefficient (Wildman–Crippen LogP) is 23.6. The number of carbonyl (C=O) groups excluding carboxylic acids is 2. The number of aliphatic hydroxyl groups is 4. The molecule has 0 spiro atoms. The van der Waals surface area contributed by atoms with Gasteiger partial charge in [-0.25, -0.2) is 0 Å². The van der Waals surface area contributed by atoms with Crippen LogP contribution in [0.25, 0.3) is 0 Å². The molecule has 102 heavy (non-hydrogen) atoms. The summed E-state index contributed by atoms with van der Waals surface area (Å²) in [5, 5.41) is 45.0. The zero-order valence-electron chi connectivity index (χ0n) is 69.4. The Balaban J connectivity index is 2.56. The number of carbonyl (C=O) groups is 2. The van der Waals surface area contributed by atoms with E-state index in [4.69, 9.17) is 9.47 Å². The van der Waals surface area contributed by atoms with Crippen LogP contribution in [0.4, 0.5) is 0 Å². The molecule has 1 saturated heterocycles. The minimum Gasteiger partial charge on any atom is -0.464 e. The molecule has 0 aromatic heterocycles. The fourth-order valence-corrected chi connectivity index (χ4v) is 15.9. The third kappa shape index (κ3) is 66.8. The van der Waals surface area contributed by atoms with Gasteiger partial charge in [-0.05, 0) is 65.5 Å². The maximum Gasteiger partial charge on any atom is 0.305 e. The van der Waals surface area contributed by atoms with Gasteiger partial charge in [0.1, 0.15) is 13.2 Å². The lowest BCUT2D eigenvalue weighted by atomic mass is 10.0. The topological polar surface area (TPSA) is 146 Å². The summed E-state index contributed by atoms with van der Waals surface area (Å²) >= 11 is 0. The Morgan fingerprint density at radius 3 is 0.657 bits per heavy atom. The van der Waals surface area contributed by atoms with Gasteiger partial charge in [0.05, 0.1) is 24.4 Å². The zero-order chi connectivity index (χ0) is 74.1. The number of nitrogens with zero attached hydrogens (tertiary/aromatic N) is 4. The molecule has 1 rings (SSSR count). The van der Waals surface area contributed by atoms with Gasteiger partial charge >= 0.3 is 11.9 Å². The molecule has 1 aliphatic rings. The van der Waals surface area contributed by atoms with Crippen molar-refractivity contribution < 1.29 is 39.5 Å². The molecular formula is C90H180N4O8. The molecule has 608 valence electrons. The van der Waals surface area contributed by atoms with Gasteiger partial charge < -0.3 is 29.9 Å². The largest absolute Gasteiger partial charge is 0.464 e. The van der Waals surface area contributed by atoms with E-state index in [1.54, 1.807) is 0 Å². The predicted molar refractivity (Wildman–Crippen MR) is 439 cm³/mol. The van der Waals surface area contributed by atoms with Crippen molar-refractivity contribution in [2.75, 3.05) is 78.7 Å². The Morgan fingerprint density at radius 2 is 0.471 bits per heavy atom. The van der Waals surface area contributed by atoms with E-state index < -0.39 is 24.4 Å². The van der Waals surface area contributed by atoms with E-state index in [0.717, 1.165) is 90.1 Å². The van der Waals surface area contributed by atoms with Crippen LogP contribution in [0.1, 0.15) is 452 Å². The maximum atomic E-state index is 13.2. The van der Waals surface area contributed by atoms with Crippen LogP contribution in [-0.4, -0.2) is 167 Å². The van der Waals surface area contributed by atoms with Crippen molar-refractivity contribution in [1.82, 2.24) is 19.6 Å². The number of hydrogen-bond acceptors (Lipinski definition) is 12. The molecule has 1 aliphatic heterocycles. The number of aliphatic hydroxyl groups excluding tert-OH is 4. The molecule has 0 saturated carbocycles. The number of esters is 2. The lowest BCUT2D eigenvalue weighted by molar-refractivity contribution is -0.146. The molecule has 0 amide bonds. The first-order chi connectivity index (χ1) is 49.9. The highest BCUT2D eigenvalue weighted by Gasteiger charge is 2.29. The van der Waals surface area contributed by atoms with Crippen molar-refractivity contribution in [3.8, 4) is 0 Å². The maximum absolute atomic E-state index is 13.2. The van der Waals surface area contributed by atoms with E-state index >= 15 is 0 Å². The molecule has 12 nitrogen and oxygen atoms in total. The Hall–Kier alpha value is -1.38. The normalized spacial score (nSPS) is 15.8. The van der Waals surface area contributed by atoms with E-state index in [0.29, 0.717) is 91.3 Å². The summed E-state index contributed by atoms with van der Waals surface area (Å²) in [4.78, 5) is 35.6. The van der Waals surface area contributed by atoms with Gasteiger partial charge in [-0.1, -0.05) is 387 Å². The summed E-state index contributed by atoms with van der Waals surface area (Å²) in [6.07, 6.45) is 77.1. The van der Waals surface area contributed by atoms with Crippen LogP contribution in [0.5, 0.6) is 0 Å². The van der Waals surface area contributed by atoms with Crippen molar-refractivity contribution in [2.45, 2.75) is 489 Å². The van der Waals surface area contributed by atoms with Crippen LogP contribution < -0.4 is 0 Å². The van der Waals surface area contributed by atoms with Gasteiger partial charge in [-0.2, -0.15) is 0 Å². The SMILES string of the molecule is CCCCCCCCCCCCCCCCC(O)CN(CCCC(=O)OCCN1CC(C)N(CCOC(=O)CCCN(CC(O)CCCCCCCCCCCCCCCC)CC(O)CCCCCCCCCCCCCCCC)CC1C)CC(O)CCCCCCCCCCCCCCCC. The molecule has 4 N–H and O–H groups in total. The quantitative estimate of drug-likeness (QED) is 0.0340. The van der Waals surface area contributed by atoms with E-state index in [1.165, 1.54) is 308 Å². The average molecular weight is 1450 g/mol. The second kappa shape index (κ2) is 76.4. The van der Waals surface area contributed by atoms with Gasteiger partial charge in [0.15, 0.2) is 0 Å². The molecule has 0 radical (unpaired) electrons. The van der Waals surface area contributed by atoms with E-state index in [2.05, 4.69) is 61.1 Å². The van der Waals surface area contributed by atoms with Gasteiger partial charge in [-0.15, -0.1) is 0 Å². The summed E-state index contributed by atoms with van der Waals surface area (Å²) in [6, 6.07) is 0.521. The van der Waals surface area contributed by atoms with Crippen LogP contribution in [-0.2, 0) is 19.1 Å². The monoisotopic (exact) mass is 1450 g/mol. The van der Waals surface area contributed by atoms with Gasteiger partial charge in [-0.3, -0.25) is 29.2 Å². The van der Waals surface area contributed by atoms with Crippen molar-refractivity contribution in [2.24, 2.45) is 0 Å². The van der Waals surface area contributed by atoms with Gasteiger partial charge in [0, 0.05) is 77.3 Å².